The predicted molar refractivity (Wildman–Crippen MR) is 58.5 cm³/mol. The van der Waals surface area contributed by atoms with Crippen LogP contribution in [0.3, 0.4) is 0 Å². The minimum absolute atomic E-state index is 0.236. The molecule has 0 aliphatic carbocycles. The maximum absolute atomic E-state index is 13.3. The Hall–Kier alpha value is -2.30. The molecule has 0 bridgehead atoms. The minimum atomic E-state index is -0.904. The number of anilines is 1. The van der Waals surface area contributed by atoms with E-state index in [9.17, 15) is 13.6 Å². The van der Waals surface area contributed by atoms with Crippen molar-refractivity contribution in [1.29, 1.82) is 0 Å². The summed E-state index contributed by atoms with van der Waals surface area (Å²) in [6.45, 7) is 0. The van der Waals surface area contributed by atoms with Gasteiger partial charge in [-0.15, -0.1) is 0 Å². The molecule has 3 nitrogen and oxygen atoms in total. The van der Waals surface area contributed by atoms with Gasteiger partial charge < -0.3 is 5.32 Å². The third-order valence-corrected chi connectivity index (χ3v) is 2.10. The highest BCUT2D eigenvalue weighted by Gasteiger charge is 2.17. The number of nitrogens with one attached hydrogen (secondary N) is 1. The third-order valence-electron chi connectivity index (χ3n) is 2.10. The molecule has 0 spiro atoms. The topological polar surface area (TPSA) is 42.0 Å². The summed E-state index contributed by atoms with van der Waals surface area (Å²) >= 11 is 0. The van der Waals surface area contributed by atoms with E-state index in [-0.39, 0.29) is 5.82 Å². The summed E-state index contributed by atoms with van der Waals surface area (Å²) in [5.74, 6) is -2.43. The van der Waals surface area contributed by atoms with Gasteiger partial charge in [0, 0.05) is 6.20 Å². The molecule has 0 fully saturated rings. The van der Waals surface area contributed by atoms with E-state index in [1.165, 1.54) is 18.3 Å². The molecule has 1 amide bonds. The maximum Gasteiger partial charge on any atom is 0.262 e. The number of aromatic nitrogens is 1. The Labute approximate surface area is 96.1 Å². The van der Waals surface area contributed by atoms with E-state index in [1.807, 2.05) is 0 Å². The SMILES string of the molecule is O=C(Nc1ccccn1)c1c(F)cccc1F. The molecule has 17 heavy (non-hydrogen) atoms. The van der Waals surface area contributed by atoms with Gasteiger partial charge in [-0.1, -0.05) is 12.1 Å². The molecule has 5 heteroatoms. The summed E-state index contributed by atoms with van der Waals surface area (Å²) < 4.78 is 26.6. The summed E-state index contributed by atoms with van der Waals surface area (Å²) in [5, 5.41) is 2.31. The fourth-order valence-electron chi connectivity index (χ4n) is 1.33. The zero-order valence-electron chi connectivity index (χ0n) is 8.65. The van der Waals surface area contributed by atoms with Crippen LogP contribution in [0.4, 0.5) is 14.6 Å². The maximum atomic E-state index is 13.3. The molecule has 1 N–H and O–H groups in total. The van der Waals surface area contributed by atoms with Crippen LogP contribution in [0.2, 0.25) is 0 Å². The molecule has 1 aromatic carbocycles. The summed E-state index contributed by atoms with van der Waals surface area (Å²) in [7, 11) is 0. The van der Waals surface area contributed by atoms with Crippen LogP contribution in [-0.4, -0.2) is 10.9 Å². The van der Waals surface area contributed by atoms with E-state index in [0.29, 0.717) is 0 Å². The summed E-state index contributed by atoms with van der Waals surface area (Å²) in [4.78, 5) is 15.5. The number of hydrogen-bond donors (Lipinski definition) is 1. The fraction of sp³-hybridized carbons (Fsp3) is 0. The average Bonchev–Trinajstić information content (AvgIpc) is 2.30. The van der Waals surface area contributed by atoms with E-state index in [2.05, 4.69) is 10.3 Å². The van der Waals surface area contributed by atoms with Crippen LogP contribution >= 0.6 is 0 Å². The summed E-state index contributed by atoms with van der Waals surface area (Å²) in [6.07, 6.45) is 1.47. The molecule has 2 rings (SSSR count). The molecule has 0 unspecified atom stereocenters. The molecule has 86 valence electrons. The molecule has 0 aliphatic heterocycles. The number of rotatable bonds is 2. The number of benzene rings is 1. The van der Waals surface area contributed by atoms with Crippen LogP contribution in [0, 0.1) is 11.6 Å². The van der Waals surface area contributed by atoms with Crippen molar-refractivity contribution in [1.82, 2.24) is 4.98 Å². The first-order valence-corrected chi connectivity index (χ1v) is 4.85. The quantitative estimate of drug-likeness (QED) is 0.867. The molecule has 0 saturated heterocycles. The van der Waals surface area contributed by atoms with Gasteiger partial charge in [-0.3, -0.25) is 4.79 Å². The largest absolute Gasteiger partial charge is 0.306 e. The minimum Gasteiger partial charge on any atom is -0.306 e. The van der Waals surface area contributed by atoms with Crippen molar-refractivity contribution in [2.45, 2.75) is 0 Å². The Morgan fingerprint density at radius 1 is 1.06 bits per heavy atom. The molecule has 0 saturated carbocycles. The first-order chi connectivity index (χ1) is 8.18. The third kappa shape index (κ3) is 2.44. The van der Waals surface area contributed by atoms with Gasteiger partial charge in [0.25, 0.3) is 5.91 Å². The molecule has 0 atom stereocenters. The monoisotopic (exact) mass is 234 g/mol. The number of nitrogens with zero attached hydrogens (tertiary/aromatic N) is 1. The van der Waals surface area contributed by atoms with Gasteiger partial charge in [-0.25, -0.2) is 13.8 Å². The number of halogens is 2. The molecule has 0 radical (unpaired) electrons. The zero-order valence-corrected chi connectivity index (χ0v) is 8.65. The van der Waals surface area contributed by atoms with Crippen molar-refractivity contribution in [3.63, 3.8) is 0 Å². The normalized spacial score (nSPS) is 10.0. The molecular weight excluding hydrogens is 226 g/mol. The highest BCUT2D eigenvalue weighted by atomic mass is 19.1. The van der Waals surface area contributed by atoms with E-state index in [4.69, 9.17) is 0 Å². The Bertz CT molecular complexity index is 523. The van der Waals surface area contributed by atoms with Gasteiger partial charge in [0.05, 0.1) is 0 Å². The summed E-state index contributed by atoms with van der Waals surface area (Å²) in [5.41, 5.74) is -0.613. The van der Waals surface area contributed by atoms with Crippen molar-refractivity contribution in [3.8, 4) is 0 Å². The fourth-order valence-corrected chi connectivity index (χ4v) is 1.33. The summed E-state index contributed by atoms with van der Waals surface area (Å²) in [6, 6.07) is 8.09. The lowest BCUT2D eigenvalue weighted by molar-refractivity contribution is 0.101. The van der Waals surface area contributed by atoms with Crippen LogP contribution in [-0.2, 0) is 0 Å². The van der Waals surface area contributed by atoms with E-state index < -0.39 is 23.1 Å². The van der Waals surface area contributed by atoms with Crippen molar-refractivity contribution in [2.24, 2.45) is 0 Å². The van der Waals surface area contributed by atoms with Gasteiger partial charge >= 0.3 is 0 Å². The number of hydrogen-bond acceptors (Lipinski definition) is 2. The van der Waals surface area contributed by atoms with Crippen LogP contribution in [0.1, 0.15) is 10.4 Å². The van der Waals surface area contributed by atoms with Gasteiger partial charge in [-0.05, 0) is 24.3 Å². The predicted octanol–water partition coefficient (Wildman–Crippen LogP) is 2.61. The van der Waals surface area contributed by atoms with Gasteiger partial charge in [0.1, 0.15) is 23.0 Å². The van der Waals surface area contributed by atoms with Crippen molar-refractivity contribution < 1.29 is 13.6 Å². The lowest BCUT2D eigenvalue weighted by Gasteiger charge is -2.05. The number of amides is 1. The Balaban J connectivity index is 2.27. The van der Waals surface area contributed by atoms with E-state index >= 15 is 0 Å². The lowest BCUT2D eigenvalue weighted by Crippen LogP contribution is -2.16. The van der Waals surface area contributed by atoms with Crippen molar-refractivity contribution in [2.75, 3.05) is 5.32 Å². The second-order valence-corrected chi connectivity index (χ2v) is 3.27. The van der Waals surface area contributed by atoms with E-state index in [0.717, 1.165) is 12.1 Å². The second-order valence-electron chi connectivity index (χ2n) is 3.27. The number of carbonyl (C=O) groups is 1. The molecule has 1 heterocycles. The standard InChI is InChI=1S/C12H8F2N2O/c13-8-4-3-5-9(14)11(8)12(17)16-10-6-1-2-7-15-10/h1-7H,(H,15,16,17). The highest BCUT2D eigenvalue weighted by Crippen LogP contribution is 2.13. The highest BCUT2D eigenvalue weighted by molar-refractivity contribution is 6.04. The molecule has 0 aliphatic rings. The van der Waals surface area contributed by atoms with Crippen LogP contribution in [0.25, 0.3) is 0 Å². The lowest BCUT2D eigenvalue weighted by atomic mass is 10.2. The molecular formula is C12H8F2N2O. The zero-order chi connectivity index (χ0) is 12.3. The van der Waals surface area contributed by atoms with Crippen LogP contribution < -0.4 is 5.32 Å². The van der Waals surface area contributed by atoms with Gasteiger partial charge in [0.2, 0.25) is 0 Å². The van der Waals surface area contributed by atoms with Crippen molar-refractivity contribution in [3.05, 3.63) is 59.8 Å². The van der Waals surface area contributed by atoms with Crippen LogP contribution in [0.5, 0.6) is 0 Å². The Kier molecular flexibility index (Phi) is 3.09. The number of pyridine rings is 1. The smallest absolute Gasteiger partial charge is 0.262 e. The average molecular weight is 234 g/mol. The van der Waals surface area contributed by atoms with E-state index in [1.54, 1.807) is 12.1 Å². The van der Waals surface area contributed by atoms with Crippen molar-refractivity contribution >= 4 is 11.7 Å². The Morgan fingerprint density at radius 3 is 2.35 bits per heavy atom. The first-order valence-electron chi connectivity index (χ1n) is 4.85. The Morgan fingerprint density at radius 2 is 1.76 bits per heavy atom. The molecule has 2 aromatic rings. The number of carbonyl (C=O) groups excluding carboxylic acids is 1. The molecule has 1 aromatic heterocycles. The van der Waals surface area contributed by atoms with Gasteiger partial charge in [-0.2, -0.15) is 0 Å². The second kappa shape index (κ2) is 4.69. The van der Waals surface area contributed by atoms with Gasteiger partial charge in [0.15, 0.2) is 0 Å². The first kappa shape index (κ1) is 11.2. The van der Waals surface area contributed by atoms with Crippen LogP contribution in [0.15, 0.2) is 42.6 Å².